The van der Waals surface area contributed by atoms with Crippen molar-refractivity contribution >= 4 is 11.0 Å². The molecule has 10 nitrogen and oxygen atoms in total. The molecule has 164 valence electrons. The molecule has 5 atom stereocenters. The summed E-state index contributed by atoms with van der Waals surface area (Å²) in [4.78, 5) is 12.5. The number of ether oxygens (including phenoxy) is 2. The highest BCUT2D eigenvalue weighted by molar-refractivity contribution is 5.86. The molecule has 3 aromatic rings. The van der Waals surface area contributed by atoms with Gasteiger partial charge in [0.05, 0.1) is 6.61 Å². The van der Waals surface area contributed by atoms with Crippen LogP contribution in [0.2, 0.25) is 0 Å². The van der Waals surface area contributed by atoms with Gasteiger partial charge in [0, 0.05) is 23.8 Å². The monoisotopic (exact) mass is 432 g/mol. The molecule has 0 radical (unpaired) electrons. The highest BCUT2D eigenvalue weighted by Crippen LogP contribution is 2.33. The van der Waals surface area contributed by atoms with Crippen LogP contribution in [0.25, 0.3) is 22.3 Å². The number of benzene rings is 2. The number of phenols is 2. The minimum atomic E-state index is -1.65. The Balaban J connectivity index is 1.71. The van der Waals surface area contributed by atoms with Crippen molar-refractivity contribution in [1.29, 1.82) is 0 Å². The van der Waals surface area contributed by atoms with Gasteiger partial charge in [-0.1, -0.05) is 0 Å². The Morgan fingerprint density at radius 3 is 2.32 bits per heavy atom. The highest BCUT2D eigenvalue weighted by Gasteiger charge is 2.44. The Morgan fingerprint density at radius 2 is 1.65 bits per heavy atom. The zero-order valence-corrected chi connectivity index (χ0v) is 16.0. The van der Waals surface area contributed by atoms with Gasteiger partial charge in [-0.2, -0.15) is 0 Å². The molecular formula is C21H20O10. The summed E-state index contributed by atoms with van der Waals surface area (Å²) in [5.74, 6) is -0.273. The van der Waals surface area contributed by atoms with Crippen LogP contribution in [0, 0.1) is 0 Å². The summed E-state index contributed by atoms with van der Waals surface area (Å²) < 4.78 is 16.5. The van der Waals surface area contributed by atoms with Crippen LogP contribution in [-0.4, -0.2) is 68.0 Å². The lowest BCUT2D eigenvalue weighted by Crippen LogP contribution is -2.60. The predicted molar refractivity (Wildman–Crippen MR) is 106 cm³/mol. The third kappa shape index (κ3) is 3.94. The standard InChI is InChI=1S/C21H20O10/c22-8-16-18(26)19(27)20(28)21(31-16)29-11-5-12(24)17-13(25)7-14(30-15(17)6-11)9-1-3-10(23)4-2-9/h1-7,16,18-24,26-28H,8H2/t16-,18+,19-,20+,21+/m0/s1. The van der Waals surface area contributed by atoms with Gasteiger partial charge in [-0.3, -0.25) is 4.79 Å². The van der Waals surface area contributed by atoms with E-state index in [4.69, 9.17) is 13.9 Å². The lowest BCUT2D eigenvalue weighted by atomic mass is 9.99. The third-order valence-electron chi connectivity index (χ3n) is 5.04. The maximum absolute atomic E-state index is 12.5. The van der Waals surface area contributed by atoms with Gasteiger partial charge in [0.2, 0.25) is 6.29 Å². The topological polar surface area (TPSA) is 170 Å². The molecule has 1 saturated heterocycles. The molecule has 0 saturated carbocycles. The first kappa shape index (κ1) is 21.1. The Hall–Kier alpha value is -3.15. The largest absolute Gasteiger partial charge is 0.508 e. The molecule has 0 aliphatic carbocycles. The van der Waals surface area contributed by atoms with E-state index in [0.29, 0.717) is 5.56 Å². The smallest absolute Gasteiger partial charge is 0.229 e. The van der Waals surface area contributed by atoms with Crippen LogP contribution in [0.3, 0.4) is 0 Å². The number of fused-ring (bicyclic) bond motifs is 1. The van der Waals surface area contributed by atoms with Crippen molar-refractivity contribution in [3.05, 3.63) is 52.7 Å². The molecule has 4 rings (SSSR count). The van der Waals surface area contributed by atoms with Crippen molar-refractivity contribution in [2.75, 3.05) is 6.61 Å². The summed E-state index contributed by atoms with van der Waals surface area (Å²) in [5.41, 5.74) is -0.0204. The van der Waals surface area contributed by atoms with E-state index in [1.54, 1.807) is 12.1 Å². The summed E-state index contributed by atoms with van der Waals surface area (Å²) in [7, 11) is 0. The molecule has 0 spiro atoms. The SMILES string of the molecule is O=c1cc(-c2ccc(O)cc2)oc2cc(O[C@@H]3O[C@@H](CO)[C@@H](O)[C@H](O)[C@H]3O)cc(O)c12. The molecule has 6 N–H and O–H groups in total. The fraction of sp³-hybridized carbons (Fsp3) is 0.286. The number of phenolic OH excluding ortho intramolecular Hbond substituents is 2. The Bertz CT molecular complexity index is 1140. The first-order chi connectivity index (χ1) is 14.8. The van der Waals surface area contributed by atoms with Crippen LogP contribution in [0.5, 0.6) is 17.2 Å². The average molecular weight is 432 g/mol. The molecule has 1 aliphatic heterocycles. The zero-order valence-electron chi connectivity index (χ0n) is 16.0. The number of rotatable bonds is 4. The Labute approximate surface area is 174 Å². The molecular weight excluding hydrogens is 412 g/mol. The van der Waals surface area contributed by atoms with E-state index in [1.807, 2.05) is 0 Å². The molecule has 31 heavy (non-hydrogen) atoms. The quantitative estimate of drug-likeness (QED) is 0.331. The van der Waals surface area contributed by atoms with Gasteiger partial charge in [-0.15, -0.1) is 0 Å². The average Bonchev–Trinajstić information content (AvgIpc) is 2.74. The number of hydrogen-bond acceptors (Lipinski definition) is 10. The van der Waals surface area contributed by atoms with Crippen LogP contribution >= 0.6 is 0 Å². The van der Waals surface area contributed by atoms with E-state index >= 15 is 0 Å². The lowest BCUT2D eigenvalue weighted by molar-refractivity contribution is -0.277. The van der Waals surface area contributed by atoms with Gasteiger partial charge in [0.15, 0.2) is 5.43 Å². The van der Waals surface area contributed by atoms with E-state index in [2.05, 4.69) is 0 Å². The summed E-state index contributed by atoms with van der Waals surface area (Å²) in [6.07, 6.45) is -7.47. The molecule has 2 aromatic carbocycles. The third-order valence-corrected chi connectivity index (χ3v) is 5.04. The minimum absolute atomic E-state index is 0.0184. The first-order valence-electron chi connectivity index (χ1n) is 9.36. The van der Waals surface area contributed by atoms with E-state index in [0.717, 1.165) is 6.07 Å². The van der Waals surface area contributed by atoms with Gasteiger partial charge in [-0.25, -0.2) is 0 Å². The van der Waals surface area contributed by atoms with Crippen LogP contribution in [0.15, 0.2) is 51.7 Å². The van der Waals surface area contributed by atoms with Crippen LogP contribution < -0.4 is 10.2 Å². The fourth-order valence-electron chi connectivity index (χ4n) is 3.38. The molecule has 10 heteroatoms. The molecule has 0 amide bonds. The zero-order chi connectivity index (χ0) is 22.3. The summed E-state index contributed by atoms with van der Waals surface area (Å²) in [6.45, 7) is -0.626. The number of aromatic hydroxyl groups is 2. The molecule has 0 unspecified atom stereocenters. The summed E-state index contributed by atoms with van der Waals surface area (Å²) in [6, 6.07) is 9.56. The van der Waals surface area contributed by atoms with Crippen molar-refractivity contribution < 1.29 is 44.5 Å². The van der Waals surface area contributed by atoms with Gasteiger partial charge in [0.1, 0.15) is 58.4 Å². The van der Waals surface area contributed by atoms with Crippen LogP contribution in [0.1, 0.15) is 0 Å². The van der Waals surface area contributed by atoms with Crippen molar-refractivity contribution in [1.82, 2.24) is 0 Å². The van der Waals surface area contributed by atoms with Crippen molar-refractivity contribution in [3.63, 3.8) is 0 Å². The molecule has 2 heterocycles. The van der Waals surface area contributed by atoms with E-state index < -0.39 is 48.5 Å². The van der Waals surface area contributed by atoms with Crippen LogP contribution in [0.4, 0.5) is 0 Å². The van der Waals surface area contributed by atoms with Gasteiger partial charge < -0.3 is 44.5 Å². The Morgan fingerprint density at radius 1 is 0.935 bits per heavy atom. The van der Waals surface area contributed by atoms with Crippen molar-refractivity contribution in [2.24, 2.45) is 0 Å². The summed E-state index contributed by atoms with van der Waals surface area (Å²) >= 11 is 0. The van der Waals surface area contributed by atoms with Crippen molar-refractivity contribution in [3.8, 4) is 28.6 Å². The van der Waals surface area contributed by atoms with Crippen molar-refractivity contribution in [2.45, 2.75) is 30.7 Å². The number of aliphatic hydroxyl groups is 4. The minimum Gasteiger partial charge on any atom is -0.508 e. The lowest BCUT2D eigenvalue weighted by Gasteiger charge is -2.39. The second-order valence-corrected chi connectivity index (χ2v) is 7.15. The maximum atomic E-state index is 12.5. The molecule has 0 bridgehead atoms. The van der Waals surface area contributed by atoms with E-state index in [-0.39, 0.29) is 28.2 Å². The van der Waals surface area contributed by atoms with Gasteiger partial charge in [0.25, 0.3) is 0 Å². The number of aliphatic hydroxyl groups excluding tert-OH is 4. The van der Waals surface area contributed by atoms with Crippen LogP contribution in [-0.2, 0) is 4.74 Å². The normalized spacial score (nSPS) is 26.1. The van der Waals surface area contributed by atoms with Gasteiger partial charge in [-0.05, 0) is 24.3 Å². The number of hydrogen-bond donors (Lipinski definition) is 6. The molecule has 1 aliphatic rings. The Kier molecular flexibility index (Phi) is 5.56. The van der Waals surface area contributed by atoms with E-state index in [9.17, 15) is 35.4 Å². The summed E-state index contributed by atoms with van der Waals surface area (Å²) in [5, 5.41) is 58.8. The predicted octanol–water partition coefficient (Wildman–Crippen LogP) is 0.0499. The second-order valence-electron chi connectivity index (χ2n) is 7.15. The first-order valence-corrected chi connectivity index (χ1v) is 9.36. The van der Waals surface area contributed by atoms with E-state index in [1.165, 1.54) is 24.3 Å². The molecule has 1 fully saturated rings. The molecule has 1 aromatic heterocycles. The highest BCUT2D eigenvalue weighted by atomic mass is 16.7. The fourth-order valence-corrected chi connectivity index (χ4v) is 3.38. The second kappa shape index (κ2) is 8.17. The maximum Gasteiger partial charge on any atom is 0.229 e. The van der Waals surface area contributed by atoms with Gasteiger partial charge >= 0.3 is 0 Å².